The van der Waals surface area contributed by atoms with E-state index in [1.807, 2.05) is 0 Å². The number of hydrogen-bond acceptors (Lipinski definition) is 3. The first-order valence-electron chi connectivity index (χ1n) is 8.87. The van der Waals surface area contributed by atoms with E-state index in [2.05, 4.69) is 44.8 Å². The van der Waals surface area contributed by atoms with Crippen molar-refractivity contribution in [1.29, 1.82) is 0 Å². The molecule has 3 nitrogen and oxygen atoms in total. The number of nitrogens with zero attached hydrogens (tertiary/aromatic N) is 1. The van der Waals surface area contributed by atoms with E-state index in [1.54, 1.807) is 0 Å². The molecule has 0 saturated carbocycles. The number of rotatable bonds is 6. The largest absolute Gasteiger partial charge is 0.381 e. The van der Waals surface area contributed by atoms with Crippen molar-refractivity contribution < 1.29 is 4.74 Å². The molecule has 2 aliphatic rings. The standard InChI is InChI=1S/C18H36N2O/c1-6-17(7-2)8-10-20(13-17)14-18(9-11-21-15-18)12-19-16(3,4)5/h19H,6-15H2,1-5H3. The van der Waals surface area contributed by atoms with E-state index in [-0.39, 0.29) is 5.54 Å². The SMILES string of the molecule is CCC1(CC)CCN(CC2(CNC(C)(C)C)CCOC2)C1. The Morgan fingerprint density at radius 2 is 1.81 bits per heavy atom. The molecule has 0 spiro atoms. The zero-order valence-electron chi connectivity index (χ0n) is 14.9. The van der Waals surface area contributed by atoms with E-state index in [0.717, 1.165) is 19.8 Å². The molecule has 0 aromatic carbocycles. The minimum absolute atomic E-state index is 0.192. The van der Waals surface area contributed by atoms with E-state index >= 15 is 0 Å². The Morgan fingerprint density at radius 1 is 1.10 bits per heavy atom. The first-order chi connectivity index (χ1) is 9.82. The molecule has 124 valence electrons. The van der Waals surface area contributed by atoms with Gasteiger partial charge in [-0.25, -0.2) is 0 Å². The van der Waals surface area contributed by atoms with Crippen LogP contribution in [0.1, 0.15) is 60.3 Å². The highest BCUT2D eigenvalue weighted by molar-refractivity contribution is 4.95. The van der Waals surface area contributed by atoms with Gasteiger partial charge in [0.15, 0.2) is 0 Å². The maximum absolute atomic E-state index is 5.77. The van der Waals surface area contributed by atoms with Crippen LogP contribution in [0, 0.1) is 10.8 Å². The molecule has 2 heterocycles. The fourth-order valence-electron chi connectivity index (χ4n) is 3.89. The summed E-state index contributed by atoms with van der Waals surface area (Å²) in [4.78, 5) is 2.71. The van der Waals surface area contributed by atoms with Crippen molar-refractivity contribution >= 4 is 0 Å². The van der Waals surface area contributed by atoms with E-state index in [1.165, 1.54) is 45.3 Å². The summed E-state index contributed by atoms with van der Waals surface area (Å²) >= 11 is 0. The normalized spacial score (nSPS) is 30.1. The average Bonchev–Trinajstić information content (AvgIpc) is 3.05. The smallest absolute Gasteiger partial charge is 0.0547 e. The lowest BCUT2D eigenvalue weighted by Gasteiger charge is -2.36. The maximum atomic E-state index is 5.77. The fourth-order valence-corrected chi connectivity index (χ4v) is 3.89. The van der Waals surface area contributed by atoms with Gasteiger partial charge >= 0.3 is 0 Å². The third-order valence-electron chi connectivity index (χ3n) is 5.76. The zero-order valence-corrected chi connectivity index (χ0v) is 14.9. The predicted octanol–water partition coefficient (Wildman–Crippen LogP) is 3.29. The molecule has 1 atom stereocenters. The summed E-state index contributed by atoms with van der Waals surface area (Å²) in [6.07, 6.45) is 5.23. The molecule has 3 heteroatoms. The topological polar surface area (TPSA) is 24.5 Å². The van der Waals surface area contributed by atoms with Crippen molar-refractivity contribution in [2.75, 3.05) is 39.4 Å². The van der Waals surface area contributed by atoms with Gasteiger partial charge in [-0.3, -0.25) is 0 Å². The van der Waals surface area contributed by atoms with Gasteiger partial charge in [-0.1, -0.05) is 13.8 Å². The lowest BCUT2D eigenvalue weighted by atomic mass is 9.81. The number of nitrogens with one attached hydrogen (secondary N) is 1. The molecular formula is C18H36N2O. The van der Waals surface area contributed by atoms with Gasteiger partial charge in [-0.05, 0) is 58.4 Å². The van der Waals surface area contributed by atoms with Crippen LogP contribution in [0.5, 0.6) is 0 Å². The second-order valence-corrected chi connectivity index (χ2v) is 8.57. The van der Waals surface area contributed by atoms with E-state index in [4.69, 9.17) is 4.74 Å². The van der Waals surface area contributed by atoms with Gasteiger partial charge in [-0.2, -0.15) is 0 Å². The summed E-state index contributed by atoms with van der Waals surface area (Å²) in [5, 5.41) is 3.72. The second kappa shape index (κ2) is 6.55. The number of likely N-dealkylation sites (tertiary alicyclic amines) is 1. The van der Waals surface area contributed by atoms with Crippen LogP contribution in [-0.2, 0) is 4.74 Å². The molecule has 1 unspecified atom stereocenters. The van der Waals surface area contributed by atoms with Crippen LogP contribution in [0.15, 0.2) is 0 Å². The summed E-state index contributed by atoms with van der Waals surface area (Å²) in [5.41, 5.74) is 1.10. The van der Waals surface area contributed by atoms with E-state index in [0.29, 0.717) is 10.8 Å². The predicted molar refractivity (Wildman–Crippen MR) is 89.7 cm³/mol. The molecule has 0 aliphatic carbocycles. The molecule has 2 rings (SSSR count). The molecule has 1 N–H and O–H groups in total. The van der Waals surface area contributed by atoms with Crippen molar-refractivity contribution in [1.82, 2.24) is 10.2 Å². The number of hydrogen-bond donors (Lipinski definition) is 1. The summed E-state index contributed by atoms with van der Waals surface area (Å²) in [7, 11) is 0. The van der Waals surface area contributed by atoms with Gasteiger partial charge in [0.1, 0.15) is 0 Å². The van der Waals surface area contributed by atoms with Gasteiger partial charge in [0.05, 0.1) is 6.61 Å². The molecule has 0 amide bonds. The number of ether oxygens (including phenoxy) is 1. The van der Waals surface area contributed by atoms with Crippen LogP contribution in [0.25, 0.3) is 0 Å². The molecular weight excluding hydrogens is 260 g/mol. The van der Waals surface area contributed by atoms with Gasteiger partial charge < -0.3 is 15.0 Å². The van der Waals surface area contributed by atoms with Gasteiger partial charge in [0, 0.05) is 37.2 Å². The van der Waals surface area contributed by atoms with Crippen LogP contribution in [0.2, 0.25) is 0 Å². The van der Waals surface area contributed by atoms with Crippen LogP contribution in [0.4, 0.5) is 0 Å². The highest BCUT2D eigenvalue weighted by Gasteiger charge is 2.41. The third kappa shape index (κ3) is 4.43. The third-order valence-corrected chi connectivity index (χ3v) is 5.76. The Bertz CT molecular complexity index is 325. The van der Waals surface area contributed by atoms with Crippen LogP contribution < -0.4 is 5.32 Å². The van der Waals surface area contributed by atoms with Crippen molar-refractivity contribution in [2.24, 2.45) is 10.8 Å². The summed E-state index contributed by atoms with van der Waals surface area (Å²) in [6, 6.07) is 0. The second-order valence-electron chi connectivity index (χ2n) is 8.57. The summed E-state index contributed by atoms with van der Waals surface area (Å²) < 4.78 is 5.77. The molecule has 0 aromatic heterocycles. The van der Waals surface area contributed by atoms with Gasteiger partial charge in [-0.15, -0.1) is 0 Å². The first kappa shape index (κ1) is 17.2. The zero-order chi connectivity index (χ0) is 15.6. The lowest BCUT2D eigenvalue weighted by Crippen LogP contribution is -2.49. The molecule has 0 aromatic rings. The van der Waals surface area contributed by atoms with Crippen molar-refractivity contribution in [3.8, 4) is 0 Å². The summed E-state index contributed by atoms with van der Waals surface area (Å²) in [6.45, 7) is 18.2. The Kier molecular flexibility index (Phi) is 5.38. The van der Waals surface area contributed by atoms with Crippen LogP contribution in [0.3, 0.4) is 0 Å². The van der Waals surface area contributed by atoms with Crippen molar-refractivity contribution in [3.05, 3.63) is 0 Å². The molecule has 2 saturated heterocycles. The van der Waals surface area contributed by atoms with Crippen molar-refractivity contribution in [3.63, 3.8) is 0 Å². The molecule has 0 bridgehead atoms. The van der Waals surface area contributed by atoms with Gasteiger partial charge in [0.2, 0.25) is 0 Å². The highest BCUT2D eigenvalue weighted by atomic mass is 16.5. The molecule has 2 fully saturated rings. The minimum atomic E-state index is 0.192. The van der Waals surface area contributed by atoms with Crippen molar-refractivity contribution in [2.45, 2.75) is 65.8 Å². The van der Waals surface area contributed by atoms with E-state index < -0.39 is 0 Å². The molecule has 2 aliphatic heterocycles. The lowest BCUT2D eigenvalue weighted by molar-refractivity contribution is 0.106. The first-order valence-corrected chi connectivity index (χ1v) is 8.87. The average molecular weight is 296 g/mol. The minimum Gasteiger partial charge on any atom is -0.381 e. The summed E-state index contributed by atoms with van der Waals surface area (Å²) in [5.74, 6) is 0. The monoisotopic (exact) mass is 296 g/mol. The maximum Gasteiger partial charge on any atom is 0.0547 e. The van der Waals surface area contributed by atoms with E-state index in [9.17, 15) is 0 Å². The van der Waals surface area contributed by atoms with Crippen LogP contribution >= 0.6 is 0 Å². The van der Waals surface area contributed by atoms with Crippen LogP contribution in [-0.4, -0.2) is 49.8 Å². The Balaban J connectivity index is 1.94. The fraction of sp³-hybridized carbons (Fsp3) is 1.00. The Labute approximate surface area is 131 Å². The molecule has 0 radical (unpaired) electrons. The molecule has 21 heavy (non-hydrogen) atoms. The highest BCUT2D eigenvalue weighted by Crippen LogP contribution is 2.39. The Morgan fingerprint density at radius 3 is 2.29 bits per heavy atom. The Hall–Kier alpha value is -0.120. The van der Waals surface area contributed by atoms with Gasteiger partial charge in [0.25, 0.3) is 0 Å². The quantitative estimate of drug-likeness (QED) is 0.814.